The first kappa shape index (κ1) is 33.2. The van der Waals surface area contributed by atoms with Gasteiger partial charge in [-0.05, 0) is 92.0 Å². The zero-order chi connectivity index (χ0) is 32.4. The molecule has 0 aromatic heterocycles. The van der Waals surface area contributed by atoms with Crippen molar-refractivity contribution in [3.8, 4) is 0 Å². The van der Waals surface area contributed by atoms with Gasteiger partial charge in [0.15, 0.2) is 0 Å². The number of carbonyl (C=O) groups is 3. The van der Waals surface area contributed by atoms with Crippen LogP contribution < -0.4 is 16.0 Å². The van der Waals surface area contributed by atoms with E-state index in [1.54, 1.807) is 36.4 Å². The van der Waals surface area contributed by atoms with Crippen LogP contribution in [-0.4, -0.2) is 55.1 Å². The van der Waals surface area contributed by atoms with E-state index in [-0.39, 0.29) is 35.8 Å². The molecule has 3 N–H and O–H groups in total. The molecule has 242 valence electrons. The first-order valence-corrected chi connectivity index (χ1v) is 16.8. The van der Waals surface area contributed by atoms with Crippen molar-refractivity contribution in [1.82, 2.24) is 16.0 Å². The first-order valence-electron chi connectivity index (χ1n) is 16.8. The zero-order valence-electron chi connectivity index (χ0n) is 27.7. The fourth-order valence-electron chi connectivity index (χ4n) is 7.64. The predicted octanol–water partition coefficient (Wildman–Crippen LogP) is 5.36. The van der Waals surface area contributed by atoms with Crippen LogP contribution >= 0.6 is 0 Å². The van der Waals surface area contributed by atoms with E-state index in [0.717, 1.165) is 32.1 Å². The molecular formula is C36H50BN3O5. The Kier molecular flexibility index (Phi) is 10.1. The molecule has 8 nitrogen and oxygen atoms in total. The van der Waals surface area contributed by atoms with Gasteiger partial charge in [0, 0.05) is 17.7 Å². The minimum Gasteiger partial charge on any atom is -0.404 e. The smallest absolute Gasteiger partial charge is 0.404 e. The number of carbonyl (C=O) groups excluding carboxylic acids is 3. The van der Waals surface area contributed by atoms with Gasteiger partial charge in [-0.15, -0.1) is 0 Å². The SMILES string of the molecule is CCCCc1ccc(C(=O)N[C@@H](CNC(=O)c2ccccc2)C(=O)N[C@@H](CC(C)C)B2O[C@@H]3C[C@H]4C[C@H](C4(C)C)[C@]3(C)O2)cc1. The van der Waals surface area contributed by atoms with Gasteiger partial charge in [-0.3, -0.25) is 14.4 Å². The Bertz CT molecular complexity index is 1350. The molecule has 3 saturated carbocycles. The summed E-state index contributed by atoms with van der Waals surface area (Å²) in [5.41, 5.74) is 1.92. The average Bonchev–Trinajstić information content (AvgIpc) is 3.39. The third-order valence-corrected chi connectivity index (χ3v) is 10.5. The summed E-state index contributed by atoms with van der Waals surface area (Å²) in [4.78, 5) is 40.2. The van der Waals surface area contributed by atoms with Crippen LogP contribution in [0.4, 0.5) is 0 Å². The van der Waals surface area contributed by atoms with Crippen molar-refractivity contribution in [3.05, 3.63) is 71.3 Å². The number of aryl methyl sites for hydroxylation is 1. The zero-order valence-corrected chi connectivity index (χ0v) is 27.7. The molecule has 45 heavy (non-hydrogen) atoms. The van der Waals surface area contributed by atoms with Gasteiger partial charge in [0.2, 0.25) is 5.91 Å². The second kappa shape index (κ2) is 13.7. The lowest BCUT2D eigenvalue weighted by Crippen LogP contribution is -2.65. The third-order valence-electron chi connectivity index (χ3n) is 10.5. The normalized spacial score (nSPS) is 25.9. The van der Waals surface area contributed by atoms with Crippen molar-refractivity contribution in [1.29, 1.82) is 0 Å². The van der Waals surface area contributed by atoms with Gasteiger partial charge in [0.1, 0.15) is 6.04 Å². The highest BCUT2D eigenvalue weighted by atomic mass is 16.7. The Morgan fingerprint density at radius 3 is 2.27 bits per heavy atom. The molecule has 2 aromatic carbocycles. The largest absolute Gasteiger partial charge is 0.481 e. The van der Waals surface area contributed by atoms with Crippen molar-refractivity contribution < 1.29 is 23.7 Å². The molecule has 2 aromatic rings. The summed E-state index contributed by atoms with van der Waals surface area (Å²) >= 11 is 0. The maximum atomic E-state index is 14.0. The molecule has 6 atom stereocenters. The fourth-order valence-corrected chi connectivity index (χ4v) is 7.64. The molecule has 0 unspecified atom stereocenters. The molecule has 4 fully saturated rings. The predicted molar refractivity (Wildman–Crippen MR) is 177 cm³/mol. The fraction of sp³-hybridized carbons (Fsp3) is 0.583. The van der Waals surface area contributed by atoms with E-state index in [1.165, 1.54) is 5.56 Å². The molecule has 2 bridgehead atoms. The number of unbranched alkanes of at least 4 members (excludes halogenated alkanes) is 1. The van der Waals surface area contributed by atoms with Crippen LogP contribution in [0.1, 0.15) is 99.9 Å². The van der Waals surface area contributed by atoms with E-state index in [2.05, 4.69) is 57.5 Å². The second-order valence-electron chi connectivity index (χ2n) is 14.5. The molecule has 0 radical (unpaired) electrons. The monoisotopic (exact) mass is 615 g/mol. The van der Waals surface area contributed by atoms with Crippen LogP contribution in [-0.2, 0) is 20.5 Å². The average molecular weight is 616 g/mol. The highest BCUT2D eigenvalue weighted by molar-refractivity contribution is 6.48. The molecule has 3 aliphatic carbocycles. The maximum absolute atomic E-state index is 14.0. The van der Waals surface area contributed by atoms with E-state index in [4.69, 9.17) is 9.31 Å². The van der Waals surface area contributed by atoms with E-state index in [1.807, 2.05) is 18.2 Å². The molecule has 0 spiro atoms. The maximum Gasteiger partial charge on any atom is 0.481 e. The lowest BCUT2D eigenvalue weighted by atomic mass is 9.43. The van der Waals surface area contributed by atoms with Crippen LogP contribution in [0.5, 0.6) is 0 Å². The Labute approximate surface area is 268 Å². The Morgan fingerprint density at radius 2 is 1.62 bits per heavy atom. The molecule has 1 aliphatic heterocycles. The van der Waals surface area contributed by atoms with Crippen molar-refractivity contribution in [3.63, 3.8) is 0 Å². The quantitative estimate of drug-likeness (QED) is 0.264. The minimum atomic E-state index is -1.01. The molecule has 6 rings (SSSR count). The van der Waals surface area contributed by atoms with Crippen LogP contribution in [0.2, 0.25) is 0 Å². The van der Waals surface area contributed by atoms with Gasteiger partial charge in [0.25, 0.3) is 11.8 Å². The third kappa shape index (κ3) is 7.15. The van der Waals surface area contributed by atoms with Gasteiger partial charge in [-0.25, -0.2) is 0 Å². The highest BCUT2D eigenvalue weighted by Gasteiger charge is 2.68. The van der Waals surface area contributed by atoms with E-state index < -0.39 is 30.6 Å². The van der Waals surface area contributed by atoms with Gasteiger partial charge >= 0.3 is 7.12 Å². The minimum absolute atomic E-state index is 0.00759. The molecule has 4 aliphatic rings. The van der Waals surface area contributed by atoms with Gasteiger partial charge < -0.3 is 25.3 Å². The Hall–Kier alpha value is -3.17. The van der Waals surface area contributed by atoms with E-state index in [0.29, 0.717) is 29.4 Å². The van der Waals surface area contributed by atoms with Crippen LogP contribution in [0, 0.1) is 23.2 Å². The molecule has 1 heterocycles. The summed E-state index contributed by atoms with van der Waals surface area (Å²) in [6.45, 7) is 13.1. The van der Waals surface area contributed by atoms with Gasteiger partial charge in [-0.1, -0.05) is 71.4 Å². The number of amides is 3. The number of hydrogen-bond donors (Lipinski definition) is 3. The summed E-state index contributed by atoms with van der Waals surface area (Å²) < 4.78 is 13.3. The molecule has 1 saturated heterocycles. The van der Waals surface area contributed by atoms with Crippen molar-refractivity contribution >= 4 is 24.8 Å². The highest BCUT2D eigenvalue weighted by Crippen LogP contribution is 2.65. The lowest BCUT2D eigenvalue weighted by Gasteiger charge is -2.64. The summed E-state index contributed by atoms with van der Waals surface area (Å²) in [6, 6.07) is 15.3. The summed E-state index contributed by atoms with van der Waals surface area (Å²) in [5.74, 6) is -0.207. The second-order valence-corrected chi connectivity index (χ2v) is 14.5. The van der Waals surface area contributed by atoms with Crippen LogP contribution in [0.3, 0.4) is 0 Å². The molecule has 3 amide bonds. The first-order chi connectivity index (χ1) is 21.4. The Balaban J connectivity index is 1.31. The summed E-state index contributed by atoms with van der Waals surface area (Å²) in [6.07, 6.45) is 5.88. The summed E-state index contributed by atoms with van der Waals surface area (Å²) in [7, 11) is -0.590. The molecular weight excluding hydrogens is 565 g/mol. The van der Waals surface area contributed by atoms with Crippen LogP contribution in [0.15, 0.2) is 54.6 Å². The lowest BCUT2D eigenvalue weighted by molar-refractivity contribution is -0.199. The number of benzene rings is 2. The standard InChI is InChI=1S/C36H50BN3O5/c1-7-8-12-24-15-17-26(18-16-24)33(42)39-28(22-38-32(41)25-13-10-9-11-14-25)34(43)40-31(19-23(2)3)37-44-30-21-27-20-29(35(27,4)5)36(30,6)45-37/h9-11,13-18,23,27-31H,7-8,12,19-22H2,1-6H3,(H,38,41)(H,39,42)(H,40,43)/t27-,28+,29-,30-,31+,36+/m1/s1. The number of hydrogen-bond acceptors (Lipinski definition) is 5. The van der Waals surface area contributed by atoms with Gasteiger partial charge in [-0.2, -0.15) is 0 Å². The topological polar surface area (TPSA) is 106 Å². The van der Waals surface area contributed by atoms with E-state index >= 15 is 0 Å². The van der Waals surface area contributed by atoms with Crippen molar-refractivity contribution in [2.45, 2.75) is 104 Å². The number of rotatable bonds is 13. The van der Waals surface area contributed by atoms with Crippen molar-refractivity contribution in [2.75, 3.05) is 6.54 Å². The Morgan fingerprint density at radius 1 is 0.933 bits per heavy atom. The van der Waals surface area contributed by atoms with Gasteiger partial charge in [0.05, 0.1) is 17.6 Å². The summed E-state index contributed by atoms with van der Waals surface area (Å²) in [5, 5.41) is 8.89. The molecule has 9 heteroatoms. The van der Waals surface area contributed by atoms with E-state index in [9.17, 15) is 14.4 Å². The van der Waals surface area contributed by atoms with Crippen LogP contribution in [0.25, 0.3) is 0 Å². The van der Waals surface area contributed by atoms with Crippen molar-refractivity contribution in [2.24, 2.45) is 23.2 Å². The number of nitrogens with one attached hydrogen (secondary N) is 3.